The molecule has 0 aliphatic rings. The van der Waals surface area contributed by atoms with Gasteiger partial charge in [-0.1, -0.05) is 0 Å². The summed E-state index contributed by atoms with van der Waals surface area (Å²) in [5.41, 5.74) is -0.819. The molecule has 1 aromatic carbocycles. The first-order valence-corrected chi connectivity index (χ1v) is 5.91. The van der Waals surface area contributed by atoms with Crippen LogP contribution >= 0.6 is 0 Å². The number of carbonyl (C=O) groups excluding carboxylic acids is 1. The Hall–Kier alpha value is -1.34. The van der Waals surface area contributed by atoms with E-state index >= 15 is 0 Å². The Bertz CT molecular complexity index is 517. The molecule has 0 spiro atoms. The van der Waals surface area contributed by atoms with Crippen LogP contribution in [0.1, 0.15) is 22.8 Å². The Morgan fingerprint density at radius 2 is 1.75 bits per heavy atom. The zero-order valence-electron chi connectivity index (χ0n) is 8.33. The number of carbonyl (C=O) groups is 1. The lowest BCUT2D eigenvalue weighted by molar-refractivity contribution is 0.101. The van der Waals surface area contributed by atoms with Crippen LogP contribution in [0.5, 0.6) is 0 Å². The second-order valence-corrected chi connectivity index (χ2v) is 4.90. The van der Waals surface area contributed by atoms with E-state index in [9.17, 15) is 22.0 Å². The summed E-state index contributed by atoms with van der Waals surface area (Å²) < 4.78 is 48.0. The summed E-state index contributed by atoms with van der Waals surface area (Å²) in [4.78, 5) is 10.9. The van der Waals surface area contributed by atoms with Crippen LogP contribution in [0.2, 0.25) is 0 Å². The molecule has 0 unspecified atom stereocenters. The fourth-order valence-electron chi connectivity index (χ4n) is 1.15. The number of halogens is 2. The summed E-state index contributed by atoms with van der Waals surface area (Å²) in [5.74, 6) is -3.65. The van der Waals surface area contributed by atoms with Crippen molar-refractivity contribution in [2.45, 2.75) is 12.7 Å². The third-order valence-electron chi connectivity index (χ3n) is 1.89. The molecule has 0 atom stereocenters. The molecule has 0 saturated heterocycles. The van der Waals surface area contributed by atoms with Gasteiger partial charge in [0.25, 0.3) is 0 Å². The van der Waals surface area contributed by atoms with Crippen LogP contribution in [0.3, 0.4) is 0 Å². The lowest BCUT2D eigenvalue weighted by Crippen LogP contribution is -2.17. The number of sulfonamides is 1. The molecular formula is C9H9F2NO3S. The molecule has 4 nitrogen and oxygen atoms in total. The van der Waals surface area contributed by atoms with E-state index in [1.165, 1.54) is 0 Å². The van der Waals surface area contributed by atoms with Gasteiger partial charge in [-0.05, 0) is 19.1 Å². The van der Waals surface area contributed by atoms with Crippen LogP contribution in [0, 0.1) is 11.6 Å². The van der Waals surface area contributed by atoms with Crippen LogP contribution in [0.25, 0.3) is 0 Å². The van der Waals surface area contributed by atoms with Crippen molar-refractivity contribution < 1.29 is 22.0 Å². The largest absolute Gasteiger partial charge is 0.295 e. The molecule has 0 saturated carbocycles. The van der Waals surface area contributed by atoms with Gasteiger partial charge in [0.2, 0.25) is 10.0 Å². The zero-order valence-corrected chi connectivity index (χ0v) is 9.14. The van der Waals surface area contributed by atoms with Crippen molar-refractivity contribution in [2.24, 2.45) is 5.14 Å². The van der Waals surface area contributed by atoms with Crippen LogP contribution < -0.4 is 5.14 Å². The van der Waals surface area contributed by atoms with Crippen molar-refractivity contribution in [3.8, 4) is 0 Å². The molecule has 0 bridgehead atoms. The van der Waals surface area contributed by atoms with Gasteiger partial charge in [0, 0.05) is 11.1 Å². The molecule has 0 aromatic heterocycles. The fraction of sp³-hybridized carbons (Fsp3) is 0.222. The molecule has 0 heterocycles. The molecule has 1 rings (SSSR count). The quantitative estimate of drug-likeness (QED) is 0.810. The van der Waals surface area contributed by atoms with Crippen LogP contribution in [-0.2, 0) is 15.8 Å². The van der Waals surface area contributed by atoms with Crippen molar-refractivity contribution in [3.63, 3.8) is 0 Å². The van der Waals surface area contributed by atoms with Gasteiger partial charge in [0.05, 0.1) is 5.75 Å². The Balaban J connectivity index is 3.28. The molecule has 0 aliphatic heterocycles. The Kier molecular flexibility index (Phi) is 3.39. The van der Waals surface area contributed by atoms with Gasteiger partial charge in [-0.25, -0.2) is 22.3 Å². The first kappa shape index (κ1) is 12.7. The third kappa shape index (κ3) is 3.07. The second kappa shape index (κ2) is 4.26. The SMILES string of the molecule is CC(=O)c1cc(F)c(CS(N)(=O)=O)c(F)c1. The van der Waals surface area contributed by atoms with Crippen molar-refractivity contribution >= 4 is 15.8 Å². The fourth-order valence-corrected chi connectivity index (χ4v) is 1.82. The topological polar surface area (TPSA) is 77.2 Å². The Morgan fingerprint density at radius 3 is 2.06 bits per heavy atom. The van der Waals surface area contributed by atoms with E-state index in [1.54, 1.807) is 0 Å². The van der Waals surface area contributed by atoms with Gasteiger partial charge in [0.1, 0.15) is 11.6 Å². The predicted octanol–water partition coefficient (Wildman–Crippen LogP) is 0.956. The predicted molar refractivity (Wildman–Crippen MR) is 53.2 cm³/mol. The van der Waals surface area contributed by atoms with Gasteiger partial charge >= 0.3 is 0 Å². The van der Waals surface area contributed by atoms with Crippen molar-refractivity contribution in [1.29, 1.82) is 0 Å². The Labute approximate surface area is 91.1 Å². The number of primary sulfonamides is 1. The van der Waals surface area contributed by atoms with Crippen LogP contribution in [0.15, 0.2) is 12.1 Å². The standard InChI is InChI=1S/C9H9F2NO3S/c1-5(13)6-2-8(10)7(9(11)3-6)4-16(12,14)15/h2-3H,4H2,1H3,(H2,12,14,15). The minimum Gasteiger partial charge on any atom is -0.295 e. The molecule has 2 N–H and O–H groups in total. The minimum absolute atomic E-state index is 0.159. The van der Waals surface area contributed by atoms with Crippen LogP contribution in [-0.4, -0.2) is 14.2 Å². The number of nitrogens with two attached hydrogens (primary N) is 1. The number of ketones is 1. The van der Waals surface area contributed by atoms with E-state index < -0.39 is 38.8 Å². The van der Waals surface area contributed by atoms with E-state index in [-0.39, 0.29) is 5.56 Å². The first-order valence-electron chi connectivity index (χ1n) is 4.20. The minimum atomic E-state index is -4.02. The zero-order chi connectivity index (χ0) is 12.5. The summed E-state index contributed by atoms with van der Waals surface area (Å²) in [5, 5.41) is 4.68. The smallest absolute Gasteiger partial charge is 0.213 e. The number of hydrogen-bond acceptors (Lipinski definition) is 3. The number of hydrogen-bond donors (Lipinski definition) is 1. The lowest BCUT2D eigenvalue weighted by Gasteiger charge is -2.05. The first-order chi connectivity index (χ1) is 7.20. The molecular weight excluding hydrogens is 240 g/mol. The van der Waals surface area contributed by atoms with Gasteiger partial charge in [-0.2, -0.15) is 0 Å². The third-order valence-corrected chi connectivity index (χ3v) is 2.58. The van der Waals surface area contributed by atoms with Gasteiger partial charge in [-0.3, -0.25) is 4.79 Å². The van der Waals surface area contributed by atoms with E-state index in [2.05, 4.69) is 5.14 Å². The van der Waals surface area contributed by atoms with E-state index in [4.69, 9.17) is 0 Å². The highest BCUT2D eigenvalue weighted by molar-refractivity contribution is 7.88. The molecule has 88 valence electrons. The molecule has 7 heteroatoms. The summed E-state index contributed by atoms with van der Waals surface area (Å²) >= 11 is 0. The summed E-state index contributed by atoms with van der Waals surface area (Å²) in [6.07, 6.45) is 0. The normalized spacial score (nSPS) is 11.5. The molecule has 0 radical (unpaired) electrons. The number of rotatable bonds is 3. The van der Waals surface area contributed by atoms with Gasteiger partial charge in [0.15, 0.2) is 5.78 Å². The average molecular weight is 249 g/mol. The molecule has 0 aliphatic carbocycles. The summed E-state index contributed by atoms with van der Waals surface area (Å²) in [7, 11) is -4.02. The highest BCUT2D eigenvalue weighted by Crippen LogP contribution is 2.17. The summed E-state index contributed by atoms with van der Waals surface area (Å²) in [6.45, 7) is 1.15. The monoisotopic (exact) mass is 249 g/mol. The van der Waals surface area contributed by atoms with E-state index in [0.717, 1.165) is 19.1 Å². The number of Topliss-reactive ketones (excluding diaryl/α,β-unsaturated/α-hetero) is 1. The Morgan fingerprint density at radius 1 is 1.31 bits per heavy atom. The van der Waals surface area contributed by atoms with Gasteiger partial charge < -0.3 is 0 Å². The van der Waals surface area contributed by atoms with Crippen molar-refractivity contribution in [1.82, 2.24) is 0 Å². The molecule has 0 amide bonds. The van der Waals surface area contributed by atoms with Gasteiger partial charge in [-0.15, -0.1) is 0 Å². The molecule has 1 aromatic rings. The van der Waals surface area contributed by atoms with Crippen LogP contribution in [0.4, 0.5) is 8.78 Å². The second-order valence-electron chi connectivity index (χ2n) is 3.28. The van der Waals surface area contributed by atoms with Crippen molar-refractivity contribution in [3.05, 3.63) is 34.9 Å². The van der Waals surface area contributed by atoms with Crippen molar-refractivity contribution in [2.75, 3.05) is 0 Å². The highest BCUT2D eigenvalue weighted by Gasteiger charge is 2.17. The molecule has 16 heavy (non-hydrogen) atoms. The summed E-state index contributed by atoms with van der Waals surface area (Å²) in [6, 6.07) is 1.57. The maximum atomic E-state index is 13.3. The average Bonchev–Trinajstić information content (AvgIpc) is 2.09. The van der Waals surface area contributed by atoms with E-state index in [1.807, 2.05) is 0 Å². The van der Waals surface area contributed by atoms with E-state index in [0.29, 0.717) is 0 Å². The molecule has 0 fully saturated rings. The maximum Gasteiger partial charge on any atom is 0.213 e. The highest BCUT2D eigenvalue weighted by atomic mass is 32.2. The maximum absolute atomic E-state index is 13.3. The number of benzene rings is 1. The lowest BCUT2D eigenvalue weighted by atomic mass is 10.1.